The van der Waals surface area contributed by atoms with Crippen molar-refractivity contribution in [2.75, 3.05) is 0 Å². The van der Waals surface area contributed by atoms with Crippen LogP contribution in [-0.2, 0) is 11.3 Å². The molecule has 0 saturated heterocycles. The van der Waals surface area contributed by atoms with Gasteiger partial charge in [0.15, 0.2) is 5.43 Å². The molecule has 1 N–H and O–H groups in total. The molecule has 1 atom stereocenters. The van der Waals surface area contributed by atoms with E-state index in [0.29, 0.717) is 15.9 Å². The van der Waals surface area contributed by atoms with Crippen molar-refractivity contribution in [3.63, 3.8) is 0 Å². The van der Waals surface area contributed by atoms with Gasteiger partial charge in [-0.3, -0.25) is 9.59 Å². The minimum Gasteiger partial charge on any atom is -0.348 e. The summed E-state index contributed by atoms with van der Waals surface area (Å²) in [5.41, 5.74) is 1.31. The van der Waals surface area contributed by atoms with Crippen molar-refractivity contribution in [2.24, 2.45) is 0 Å². The molecule has 25 heavy (non-hydrogen) atoms. The average molecular weight is 359 g/mol. The van der Waals surface area contributed by atoms with Crippen molar-refractivity contribution in [2.45, 2.75) is 19.5 Å². The van der Waals surface area contributed by atoms with E-state index in [9.17, 15) is 14.0 Å². The second kappa shape index (κ2) is 7.07. The van der Waals surface area contributed by atoms with E-state index in [2.05, 4.69) is 5.32 Å². The van der Waals surface area contributed by atoms with Crippen LogP contribution in [0, 0.1) is 5.82 Å². The molecular formula is C19H16ClFN2O2. The molecule has 1 amide bonds. The summed E-state index contributed by atoms with van der Waals surface area (Å²) < 4.78 is 14.7. The van der Waals surface area contributed by atoms with Crippen LogP contribution in [0.5, 0.6) is 0 Å². The maximum Gasteiger partial charge on any atom is 0.240 e. The molecule has 1 heterocycles. The third-order valence-electron chi connectivity index (χ3n) is 4.00. The number of halogens is 2. The van der Waals surface area contributed by atoms with Gasteiger partial charge in [-0.25, -0.2) is 4.39 Å². The molecule has 2 aromatic carbocycles. The quantitative estimate of drug-likeness (QED) is 0.773. The van der Waals surface area contributed by atoms with Gasteiger partial charge in [-0.2, -0.15) is 0 Å². The van der Waals surface area contributed by atoms with Gasteiger partial charge in [-0.05, 0) is 42.8 Å². The first kappa shape index (κ1) is 17.2. The standard InChI is InChI=1S/C19H16ClFN2O2/c1-12(13-2-5-15(21)6-3-13)22-19(25)11-23-9-8-18(24)16-10-14(20)4-7-17(16)23/h2-10,12H,11H2,1H3,(H,22,25)/t12-/m0/s1. The number of fused-ring (bicyclic) bond motifs is 1. The van der Waals surface area contributed by atoms with Gasteiger partial charge in [0.05, 0.1) is 11.6 Å². The molecule has 4 nitrogen and oxygen atoms in total. The molecule has 6 heteroatoms. The number of pyridine rings is 1. The van der Waals surface area contributed by atoms with Gasteiger partial charge in [0.25, 0.3) is 0 Å². The summed E-state index contributed by atoms with van der Waals surface area (Å²) in [5.74, 6) is -0.530. The number of rotatable bonds is 4. The topological polar surface area (TPSA) is 51.1 Å². The smallest absolute Gasteiger partial charge is 0.240 e. The van der Waals surface area contributed by atoms with Gasteiger partial charge in [0.2, 0.25) is 5.91 Å². The maximum atomic E-state index is 13.0. The van der Waals surface area contributed by atoms with Gasteiger partial charge >= 0.3 is 0 Å². The third-order valence-corrected chi connectivity index (χ3v) is 4.24. The van der Waals surface area contributed by atoms with Gasteiger partial charge in [0, 0.05) is 22.7 Å². The van der Waals surface area contributed by atoms with E-state index in [-0.39, 0.29) is 29.7 Å². The first-order chi connectivity index (χ1) is 11.9. The van der Waals surface area contributed by atoms with E-state index < -0.39 is 0 Å². The highest BCUT2D eigenvalue weighted by Crippen LogP contribution is 2.17. The summed E-state index contributed by atoms with van der Waals surface area (Å²) in [4.78, 5) is 24.3. The largest absolute Gasteiger partial charge is 0.348 e. The summed E-state index contributed by atoms with van der Waals surface area (Å²) in [6, 6.07) is 12.1. The fourth-order valence-electron chi connectivity index (χ4n) is 2.70. The molecule has 0 bridgehead atoms. The van der Waals surface area contributed by atoms with Crippen LogP contribution in [0.4, 0.5) is 4.39 Å². The minimum absolute atomic E-state index is 0.0595. The van der Waals surface area contributed by atoms with E-state index in [4.69, 9.17) is 11.6 Å². The van der Waals surface area contributed by atoms with Crippen molar-refractivity contribution in [3.8, 4) is 0 Å². The number of carbonyl (C=O) groups is 1. The highest BCUT2D eigenvalue weighted by Gasteiger charge is 2.12. The first-order valence-corrected chi connectivity index (χ1v) is 8.15. The Kier molecular flexibility index (Phi) is 4.86. The highest BCUT2D eigenvalue weighted by atomic mass is 35.5. The predicted octanol–water partition coefficient (Wildman–Crippen LogP) is 3.67. The van der Waals surface area contributed by atoms with E-state index in [1.54, 1.807) is 41.1 Å². The van der Waals surface area contributed by atoms with Gasteiger partial charge in [-0.15, -0.1) is 0 Å². The minimum atomic E-state index is -0.319. The molecule has 3 rings (SSSR count). The zero-order valence-electron chi connectivity index (χ0n) is 13.5. The van der Waals surface area contributed by atoms with Crippen molar-refractivity contribution in [3.05, 3.63) is 81.4 Å². The number of amides is 1. The van der Waals surface area contributed by atoms with Crippen LogP contribution < -0.4 is 10.7 Å². The number of benzene rings is 2. The second-order valence-corrected chi connectivity index (χ2v) is 6.25. The molecule has 0 aliphatic heterocycles. The molecule has 0 spiro atoms. The molecule has 1 aromatic heterocycles. The van der Waals surface area contributed by atoms with Crippen LogP contribution in [0.15, 0.2) is 59.5 Å². The number of nitrogens with one attached hydrogen (secondary N) is 1. The molecule has 0 fully saturated rings. The van der Waals surface area contributed by atoms with Crippen LogP contribution in [0.25, 0.3) is 10.9 Å². The van der Waals surface area contributed by atoms with Crippen LogP contribution in [0.2, 0.25) is 5.02 Å². The normalized spacial score (nSPS) is 12.1. The lowest BCUT2D eigenvalue weighted by atomic mass is 10.1. The third kappa shape index (κ3) is 3.88. The monoisotopic (exact) mass is 358 g/mol. The summed E-state index contributed by atoms with van der Waals surface area (Å²) in [5, 5.41) is 3.80. The lowest BCUT2D eigenvalue weighted by Crippen LogP contribution is -2.30. The zero-order valence-corrected chi connectivity index (χ0v) is 14.3. The number of aromatic nitrogens is 1. The van der Waals surface area contributed by atoms with Crippen LogP contribution in [-0.4, -0.2) is 10.5 Å². The van der Waals surface area contributed by atoms with Crippen molar-refractivity contribution >= 4 is 28.4 Å². The van der Waals surface area contributed by atoms with Crippen LogP contribution >= 0.6 is 11.6 Å². The number of hydrogen-bond donors (Lipinski definition) is 1. The summed E-state index contributed by atoms with van der Waals surface area (Å²) in [6.45, 7) is 1.89. The van der Waals surface area contributed by atoms with Crippen molar-refractivity contribution < 1.29 is 9.18 Å². The molecule has 0 unspecified atom stereocenters. The lowest BCUT2D eigenvalue weighted by molar-refractivity contribution is -0.122. The first-order valence-electron chi connectivity index (χ1n) is 7.77. The second-order valence-electron chi connectivity index (χ2n) is 5.81. The summed E-state index contributed by atoms with van der Waals surface area (Å²) in [7, 11) is 0. The Morgan fingerprint density at radius 3 is 2.64 bits per heavy atom. The van der Waals surface area contributed by atoms with Crippen LogP contribution in [0.1, 0.15) is 18.5 Å². The Hall–Kier alpha value is -2.66. The fourth-order valence-corrected chi connectivity index (χ4v) is 2.87. The van der Waals surface area contributed by atoms with Crippen molar-refractivity contribution in [1.82, 2.24) is 9.88 Å². The number of carbonyl (C=O) groups excluding carboxylic acids is 1. The lowest BCUT2D eigenvalue weighted by Gasteiger charge is -2.16. The predicted molar refractivity (Wildman–Crippen MR) is 96.2 cm³/mol. The molecule has 0 radical (unpaired) electrons. The zero-order chi connectivity index (χ0) is 18.0. The number of nitrogens with zero attached hydrogens (tertiary/aromatic N) is 1. The Bertz CT molecular complexity index is 983. The molecule has 128 valence electrons. The van der Waals surface area contributed by atoms with E-state index in [1.807, 2.05) is 6.92 Å². The molecular weight excluding hydrogens is 343 g/mol. The SMILES string of the molecule is C[C@H](NC(=O)Cn1ccc(=O)c2cc(Cl)ccc21)c1ccc(F)cc1. The van der Waals surface area contributed by atoms with E-state index >= 15 is 0 Å². The molecule has 3 aromatic rings. The number of hydrogen-bond acceptors (Lipinski definition) is 2. The Morgan fingerprint density at radius 2 is 1.92 bits per heavy atom. The van der Waals surface area contributed by atoms with Gasteiger partial charge < -0.3 is 9.88 Å². The highest BCUT2D eigenvalue weighted by molar-refractivity contribution is 6.31. The average Bonchev–Trinajstić information content (AvgIpc) is 2.58. The molecule has 0 aliphatic carbocycles. The Labute approximate surface area is 148 Å². The maximum absolute atomic E-state index is 13.0. The summed E-state index contributed by atoms with van der Waals surface area (Å²) >= 11 is 5.94. The molecule has 0 aliphatic rings. The summed E-state index contributed by atoms with van der Waals surface area (Å²) in [6.07, 6.45) is 1.58. The van der Waals surface area contributed by atoms with Gasteiger partial charge in [0.1, 0.15) is 12.4 Å². The van der Waals surface area contributed by atoms with E-state index in [1.165, 1.54) is 18.2 Å². The molecule has 0 saturated carbocycles. The van der Waals surface area contributed by atoms with Gasteiger partial charge in [-0.1, -0.05) is 23.7 Å². The Balaban J connectivity index is 1.79. The van der Waals surface area contributed by atoms with Crippen LogP contribution in [0.3, 0.4) is 0 Å². The van der Waals surface area contributed by atoms with Crippen molar-refractivity contribution in [1.29, 1.82) is 0 Å². The van der Waals surface area contributed by atoms with E-state index in [0.717, 1.165) is 5.56 Å². The fraction of sp³-hybridized carbons (Fsp3) is 0.158. The Morgan fingerprint density at radius 1 is 1.20 bits per heavy atom.